The maximum atomic E-state index is 10.6. The summed E-state index contributed by atoms with van der Waals surface area (Å²) in [4.78, 5) is 14.7. The topological polar surface area (TPSA) is 30.0 Å². The fourth-order valence-corrected chi connectivity index (χ4v) is 1.91. The van der Waals surface area contributed by atoms with E-state index in [1.165, 1.54) is 38.5 Å². The van der Waals surface area contributed by atoms with Gasteiger partial charge in [-0.05, 0) is 24.5 Å². The summed E-state index contributed by atoms with van der Waals surface area (Å²) in [5.41, 5.74) is 1.13. The Kier molecular flexibility index (Phi) is 8.38. The lowest BCUT2D eigenvalue weighted by molar-refractivity contribution is 0.111. The van der Waals surface area contributed by atoms with Crippen LogP contribution in [0.1, 0.15) is 74.5 Å². The molecular weight excluding hydrogens is 234 g/mol. The second-order valence-corrected chi connectivity index (χ2v) is 4.74. The van der Waals surface area contributed by atoms with Crippen molar-refractivity contribution in [3.05, 3.63) is 29.6 Å². The number of carbonyl (C=O) groups excluding carboxylic acids is 1. The van der Waals surface area contributed by atoms with Crippen molar-refractivity contribution in [2.24, 2.45) is 0 Å². The van der Waals surface area contributed by atoms with E-state index in [1.807, 2.05) is 12.1 Å². The molecule has 1 aromatic rings. The molecule has 0 aliphatic carbocycles. The molecule has 1 rings (SSSR count). The van der Waals surface area contributed by atoms with Crippen LogP contribution < -0.4 is 0 Å². The maximum Gasteiger partial charge on any atom is 0.168 e. The van der Waals surface area contributed by atoms with Crippen LogP contribution in [0.15, 0.2) is 18.2 Å². The van der Waals surface area contributed by atoms with Gasteiger partial charge < -0.3 is 0 Å². The molecule has 0 atom stereocenters. The highest BCUT2D eigenvalue weighted by molar-refractivity contribution is 5.71. The first-order valence-corrected chi connectivity index (χ1v) is 7.28. The number of aldehydes is 1. The Morgan fingerprint density at radius 2 is 1.84 bits per heavy atom. The van der Waals surface area contributed by atoms with E-state index < -0.39 is 0 Å². The molecule has 0 aliphatic rings. The summed E-state index contributed by atoms with van der Waals surface area (Å²) in [5, 5.41) is 0. The Bertz CT molecular complexity index is 428. The molecule has 0 N–H and O–H groups in total. The molecule has 1 aromatic heterocycles. The summed E-state index contributed by atoms with van der Waals surface area (Å²) in [6.07, 6.45) is 10.8. The number of rotatable bonds is 8. The van der Waals surface area contributed by atoms with Crippen LogP contribution in [0, 0.1) is 11.8 Å². The Labute approximate surface area is 116 Å². The minimum atomic E-state index is 0.447. The molecule has 0 spiro atoms. The van der Waals surface area contributed by atoms with Crippen molar-refractivity contribution in [3.63, 3.8) is 0 Å². The lowest BCUT2D eigenvalue weighted by Gasteiger charge is -1.98. The van der Waals surface area contributed by atoms with Gasteiger partial charge in [0.25, 0.3) is 0 Å². The van der Waals surface area contributed by atoms with Crippen molar-refractivity contribution < 1.29 is 4.79 Å². The number of aromatic nitrogens is 1. The van der Waals surface area contributed by atoms with Crippen LogP contribution in [-0.2, 0) is 0 Å². The Balaban J connectivity index is 2.15. The number of hydrogen-bond donors (Lipinski definition) is 0. The number of pyridine rings is 1. The van der Waals surface area contributed by atoms with E-state index in [0.29, 0.717) is 11.4 Å². The molecule has 0 aromatic carbocycles. The van der Waals surface area contributed by atoms with E-state index >= 15 is 0 Å². The molecular formula is C17H23NO. The van der Waals surface area contributed by atoms with Crippen molar-refractivity contribution in [1.82, 2.24) is 4.98 Å². The van der Waals surface area contributed by atoms with Gasteiger partial charge in [0.15, 0.2) is 6.29 Å². The van der Waals surface area contributed by atoms with Crippen LogP contribution >= 0.6 is 0 Å². The van der Waals surface area contributed by atoms with Crippen molar-refractivity contribution in [1.29, 1.82) is 0 Å². The van der Waals surface area contributed by atoms with Crippen molar-refractivity contribution in [2.45, 2.75) is 58.3 Å². The predicted octanol–water partition coefficient (Wildman–Crippen LogP) is 4.39. The number of unbranched alkanes of at least 4 members (excludes halogenated alkanes) is 7. The molecule has 2 nitrogen and oxygen atoms in total. The molecule has 0 fully saturated rings. The van der Waals surface area contributed by atoms with Crippen molar-refractivity contribution in [2.75, 3.05) is 0 Å². The van der Waals surface area contributed by atoms with Crippen LogP contribution in [0.5, 0.6) is 0 Å². The Morgan fingerprint density at radius 1 is 1.11 bits per heavy atom. The first-order chi connectivity index (χ1) is 9.36. The lowest BCUT2D eigenvalue weighted by Crippen LogP contribution is -1.88. The van der Waals surface area contributed by atoms with Crippen LogP contribution in [0.2, 0.25) is 0 Å². The van der Waals surface area contributed by atoms with Gasteiger partial charge in [-0.3, -0.25) is 4.79 Å². The van der Waals surface area contributed by atoms with Gasteiger partial charge in [0.2, 0.25) is 0 Å². The highest BCUT2D eigenvalue weighted by atomic mass is 16.1. The first-order valence-electron chi connectivity index (χ1n) is 7.28. The third-order valence-electron chi connectivity index (χ3n) is 3.01. The predicted molar refractivity (Wildman–Crippen MR) is 79.1 cm³/mol. The van der Waals surface area contributed by atoms with Crippen LogP contribution in [0.3, 0.4) is 0 Å². The quantitative estimate of drug-likeness (QED) is 0.393. The smallest absolute Gasteiger partial charge is 0.168 e. The lowest BCUT2D eigenvalue weighted by atomic mass is 10.1. The average molecular weight is 257 g/mol. The van der Waals surface area contributed by atoms with Gasteiger partial charge in [0, 0.05) is 6.42 Å². The molecule has 0 unspecified atom stereocenters. The van der Waals surface area contributed by atoms with Gasteiger partial charge in [-0.2, -0.15) is 0 Å². The first kappa shape index (κ1) is 15.4. The number of hydrogen-bond acceptors (Lipinski definition) is 2. The van der Waals surface area contributed by atoms with Crippen LogP contribution in [0.4, 0.5) is 0 Å². The van der Waals surface area contributed by atoms with Gasteiger partial charge >= 0.3 is 0 Å². The molecule has 0 saturated carbocycles. The summed E-state index contributed by atoms with van der Waals surface area (Å²) in [6.45, 7) is 2.24. The van der Waals surface area contributed by atoms with Crippen molar-refractivity contribution in [3.8, 4) is 11.8 Å². The van der Waals surface area contributed by atoms with E-state index in [4.69, 9.17) is 0 Å². The zero-order valence-electron chi connectivity index (χ0n) is 11.8. The highest BCUT2D eigenvalue weighted by Gasteiger charge is 1.92. The van der Waals surface area contributed by atoms with E-state index in [2.05, 4.69) is 23.7 Å². The van der Waals surface area contributed by atoms with Gasteiger partial charge in [-0.15, -0.1) is 0 Å². The Morgan fingerprint density at radius 3 is 2.58 bits per heavy atom. The minimum absolute atomic E-state index is 0.447. The van der Waals surface area contributed by atoms with E-state index in [9.17, 15) is 4.79 Å². The van der Waals surface area contributed by atoms with Gasteiger partial charge in [0.05, 0.1) is 0 Å². The average Bonchev–Trinajstić information content (AvgIpc) is 2.46. The van der Waals surface area contributed by atoms with Crippen LogP contribution in [0.25, 0.3) is 0 Å². The second kappa shape index (κ2) is 10.3. The summed E-state index contributed by atoms with van der Waals surface area (Å²) < 4.78 is 0. The van der Waals surface area contributed by atoms with Gasteiger partial charge in [-0.25, -0.2) is 4.98 Å². The third kappa shape index (κ3) is 7.41. The Hall–Kier alpha value is -1.62. The zero-order chi connectivity index (χ0) is 13.8. The van der Waals surface area contributed by atoms with E-state index in [0.717, 1.165) is 19.1 Å². The number of carbonyl (C=O) groups is 1. The SMILES string of the molecule is CCCCCCCCCC#Cc1cccc(C=O)n1. The molecule has 1 heterocycles. The summed E-state index contributed by atoms with van der Waals surface area (Å²) >= 11 is 0. The minimum Gasteiger partial charge on any atom is -0.296 e. The number of nitrogens with zero attached hydrogens (tertiary/aromatic N) is 1. The molecule has 0 saturated heterocycles. The molecule has 102 valence electrons. The zero-order valence-corrected chi connectivity index (χ0v) is 11.8. The summed E-state index contributed by atoms with van der Waals surface area (Å²) in [7, 11) is 0. The van der Waals surface area contributed by atoms with Crippen LogP contribution in [-0.4, -0.2) is 11.3 Å². The molecule has 0 amide bonds. The normalized spacial score (nSPS) is 9.74. The summed E-state index contributed by atoms with van der Waals surface area (Å²) in [5.74, 6) is 6.14. The highest BCUT2D eigenvalue weighted by Crippen LogP contribution is 2.07. The van der Waals surface area contributed by atoms with Gasteiger partial charge in [0.1, 0.15) is 11.4 Å². The third-order valence-corrected chi connectivity index (χ3v) is 3.01. The van der Waals surface area contributed by atoms with Crippen molar-refractivity contribution >= 4 is 6.29 Å². The molecule has 19 heavy (non-hydrogen) atoms. The molecule has 2 heteroatoms. The van der Waals surface area contributed by atoms with E-state index in [-0.39, 0.29) is 0 Å². The largest absolute Gasteiger partial charge is 0.296 e. The maximum absolute atomic E-state index is 10.6. The fourth-order valence-electron chi connectivity index (χ4n) is 1.91. The standard InChI is InChI=1S/C17H23NO/c1-2-3-4-5-6-7-8-9-10-12-16-13-11-14-17(15-19)18-16/h11,13-15H,2-9H2,1H3. The summed E-state index contributed by atoms with van der Waals surface area (Å²) in [6, 6.07) is 5.34. The molecule has 0 bridgehead atoms. The second-order valence-electron chi connectivity index (χ2n) is 4.74. The van der Waals surface area contributed by atoms with E-state index in [1.54, 1.807) is 6.07 Å². The monoisotopic (exact) mass is 257 g/mol. The molecule has 0 aliphatic heterocycles. The molecule has 0 radical (unpaired) electrons. The van der Waals surface area contributed by atoms with Gasteiger partial charge in [-0.1, -0.05) is 57.4 Å². The fraction of sp³-hybridized carbons (Fsp3) is 0.529.